The number of benzene rings is 3. The standard InChI is InChI=1S/C29H28N4O4/c1-36-24-12-10-22(11-13-24)26-17-27-32(28(34)14-15-33(27)31-26)19-20-6-8-23(9-7-20)29(35)30-18-21-4-3-5-25(16-21)37-2/h3-13,16-17H,14-15,18-19H2,1-2H3,(H,30,35). The van der Waals surface area contributed by atoms with Crippen molar-refractivity contribution in [2.24, 2.45) is 0 Å². The fourth-order valence-corrected chi connectivity index (χ4v) is 4.34. The molecule has 0 unspecified atom stereocenters. The second-order valence-corrected chi connectivity index (χ2v) is 8.80. The van der Waals surface area contributed by atoms with Gasteiger partial charge < -0.3 is 14.8 Å². The molecule has 4 aromatic rings. The van der Waals surface area contributed by atoms with Gasteiger partial charge in [0, 0.05) is 30.2 Å². The topological polar surface area (TPSA) is 85.7 Å². The molecule has 0 bridgehead atoms. The Hall–Kier alpha value is -4.59. The Kier molecular flexibility index (Phi) is 6.89. The Labute approximate surface area is 215 Å². The lowest BCUT2D eigenvalue weighted by Gasteiger charge is -2.27. The van der Waals surface area contributed by atoms with E-state index < -0.39 is 0 Å². The number of carbonyl (C=O) groups is 2. The van der Waals surface area contributed by atoms with Crippen LogP contribution in [0.25, 0.3) is 11.3 Å². The third-order valence-corrected chi connectivity index (χ3v) is 6.40. The van der Waals surface area contributed by atoms with Crippen molar-refractivity contribution in [1.82, 2.24) is 15.1 Å². The van der Waals surface area contributed by atoms with Crippen LogP contribution in [0.1, 0.15) is 27.9 Å². The minimum atomic E-state index is -0.161. The highest BCUT2D eigenvalue weighted by Crippen LogP contribution is 2.30. The van der Waals surface area contributed by atoms with Gasteiger partial charge in [-0.15, -0.1) is 0 Å². The molecule has 3 aromatic carbocycles. The van der Waals surface area contributed by atoms with E-state index in [1.165, 1.54) is 0 Å². The number of hydrogen-bond donors (Lipinski definition) is 1. The third kappa shape index (κ3) is 5.33. The Morgan fingerprint density at radius 1 is 0.919 bits per heavy atom. The van der Waals surface area contributed by atoms with Gasteiger partial charge in [-0.25, -0.2) is 4.68 Å². The van der Waals surface area contributed by atoms with Gasteiger partial charge in [0.1, 0.15) is 17.3 Å². The maximum absolute atomic E-state index is 12.8. The van der Waals surface area contributed by atoms with Crippen LogP contribution in [0, 0.1) is 0 Å². The van der Waals surface area contributed by atoms with Gasteiger partial charge in [0.05, 0.1) is 33.0 Å². The van der Waals surface area contributed by atoms with Crippen molar-refractivity contribution in [2.45, 2.75) is 26.1 Å². The van der Waals surface area contributed by atoms with E-state index in [1.807, 2.05) is 71.4 Å². The number of aromatic nitrogens is 2. The summed E-state index contributed by atoms with van der Waals surface area (Å²) in [5.41, 5.74) is 4.21. The molecule has 2 heterocycles. The van der Waals surface area contributed by atoms with Crippen LogP contribution in [0.2, 0.25) is 0 Å². The van der Waals surface area contributed by atoms with Gasteiger partial charge in [-0.05, 0) is 59.7 Å². The summed E-state index contributed by atoms with van der Waals surface area (Å²) in [6.07, 6.45) is 0.390. The summed E-state index contributed by atoms with van der Waals surface area (Å²) in [4.78, 5) is 27.2. The predicted molar refractivity (Wildman–Crippen MR) is 141 cm³/mol. The predicted octanol–water partition coefficient (Wildman–Crippen LogP) is 4.43. The van der Waals surface area contributed by atoms with E-state index in [0.29, 0.717) is 31.6 Å². The van der Waals surface area contributed by atoms with Gasteiger partial charge >= 0.3 is 0 Å². The molecule has 1 aliphatic rings. The molecule has 5 rings (SSSR count). The minimum Gasteiger partial charge on any atom is -0.497 e. The molecule has 1 aromatic heterocycles. The van der Waals surface area contributed by atoms with E-state index in [4.69, 9.17) is 14.6 Å². The molecule has 8 heteroatoms. The van der Waals surface area contributed by atoms with Crippen LogP contribution in [0.4, 0.5) is 5.82 Å². The molecular weight excluding hydrogens is 468 g/mol. The monoisotopic (exact) mass is 496 g/mol. The van der Waals surface area contributed by atoms with Crippen molar-refractivity contribution in [1.29, 1.82) is 0 Å². The van der Waals surface area contributed by atoms with Crippen molar-refractivity contribution in [3.05, 3.63) is 95.6 Å². The van der Waals surface area contributed by atoms with Crippen LogP contribution in [-0.2, 0) is 24.4 Å². The van der Waals surface area contributed by atoms with Crippen LogP contribution in [0.15, 0.2) is 78.9 Å². The Balaban J connectivity index is 1.27. The number of rotatable bonds is 8. The fraction of sp³-hybridized carbons (Fsp3) is 0.207. The summed E-state index contributed by atoms with van der Waals surface area (Å²) in [6.45, 7) is 1.35. The first-order chi connectivity index (χ1) is 18.0. The zero-order valence-corrected chi connectivity index (χ0v) is 20.8. The summed E-state index contributed by atoms with van der Waals surface area (Å²) >= 11 is 0. The van der Waals surface area contributed by atoms with E-state index in [2.05, 4.69) is 5.32 Å². The van der Waals surface area contributed by atoms with Crippen LogP contribution in [0.5, 0.6) is 11.5 Å². The number of ether oxygens (including phenoxy) is 2. The molecule has 0 atom stereocenters. The number of aryl methyl sites for hydroxylation is 1. The SMILES string of the molecule is COc1ccc(-c2cc3n(n2)CCC(=O)N3Cc2ccc(C(=O)NCc3cccc(OC)c3)cc2)cc1. The Bertz CT molecular complexity index is 1410. The highest BCUT2D eigenvalue weighted by Gasteiger charge is 2.26. The molecule has 2 amide bonds. The summed E-state index contributed by atoms with van der Waals surface area (Å²) in [6, 6.07) is 24.6. The van der Waals surface area contributed by atoms with E-state index in [9.17, 15) is 9.59 Å². The highest BCUT2D eigenvalue weighted by molar-refractivity contribution is 5.95. The Morgan fingerprint density at radius 3 is 2.41 bits per heavy atom. The number of carbonyl (C=O) groups excluding carboxylic acids is 2. The summed E-state index contributed by atoms with van der Waals surface area (Å²) in [5.74, 6) is 2.18. The molecule has 37 heavy (non-hydrogen) atoms. The molecule has 188 valence electrons. The number of amides is 2. The van der Waals surface area contributed by atoms with E-state index in [1.54, 1.807) is 31.3 Å². The summed E-state index contributed by atoms with van der Waals surface area (Å²) in [5, 5.41) is 7.65. The molecule has 0 saturated carbocycles. The van der Waals surface area contributed by atoms with Gasteiger partial charge in [0.2, 0.25) is 5.91 Å². The second kappa shape index (κ2) is 10.6. The van der Waals surface area contributed by atoms with Crippen molar-refractivity contribution >= 4 is 17.6 Å². The first kappa shape index (κ1) is 24.1. The quantitative estimate of drug-likeness (QED) is 0.390. The molecule has 0 aliphatic carbocycles. The van der Waals surface area contributed by atoms with E-state index in [-0.39, 0.29) is 11.8 Å². The van der Waals surface area contributed by atoms with E-state index in [0.717, 1.165) is 39.7 Å². The number of hydrogen-bond acceptors (Lipinski definition) is 5. The minimum absolute atomic E-state index is 0.0498. The van der Waals surface area contributed by atoms with Crippen LogP contribution in [-0.4, -0.2) is 35.8 Å². The molecule has 0 spiro atoms. The second-order valence-electron chi connectivity index (χ2n) is 8.80. The van der Waals surface area contributed by atoms with Crippen LogP contribution in [0.3, 0.4) is 0 Å². The third-order valence-electron chi connectivity index (χ3n) is 6.40. The van der Waals surface area contributed by atoms with Gasteiger partial charge in [-0.3, -0.25) is 14.5 Å². The molecule has 1 aliphatic heterocycles. The highest BCUT2D eigenvalue weighted by atomic mass is 16.5. The number of anilines is 1. The smallest absolute Gasteiger partial charge is 0.251 e. The van der Waals surface area contributed by atoms with Gasteiger partial charge in [-0.1, -0.05) is 24.3 Å². The molecule has 0 radical (unpaired) electrons. The number of nitrogens with one attached hydrogen (secondary N) is 1. The first-order valence-corrected chi connectivity index (χ1v) is 12.1. The molecule has 0 saturated heterocycles. The van der Waals surface area contributed by atoms with Gasteiger partial charge in [0.15, 0.2) is 0 Å². The van der Waals surface area contributed by atoms with Crippen molar-refractivity contribution in [3.8, 4) is 22.8 Å². The molecule has 0 fully saturated rings. The maximum atomic E-state index is 12.8. The van der Waals surface area contributed by atoms with Crippen LogP contribution >= 0.6 is 0 Å². The zero-order valence-electron chi connectivity index (χ0n) is 20.8. The maximum Gasteiger partial charge on any atom is 0.251 e. The van der Waals surface area contributed by atoms with Crippen molar-refractivity contribution < 1.29 is 19.1 Å². The average Bonchev–Trinajstić information content (AvgIpc) is 3.38. The molecule has 8 nitrogen and oxygen atoms in total. The lowest BCUT2D eigenvalue weighted by atomic mass is 10.1. The molecule has 1 N–H and O–H groups in total. The zero-order chi connectivity index (χ0) is 25.8. The lowest BCUT2D eigenvalue weighted by Crippen LogP contribution is -2.36. The van der Waals surface area contributed by atoms with Crippen LogP contribution < -0.4 is 19.7 Å². The molecular formula is C29H28N4O4. The Morgan fingerprint density at radius 2 is 1.68 bits per heavy atom. The fourth-order valence-electron chi connectivity index (χ4n) is 4.34. The lowest BCUT2D eigenvalue weighted by molar-refractivity contribution is -0.119. The number of nitrogens with zero attached hydrogens (tertiary/aromatic N) is 3. The van der Waals surface area contributed by atoms with Crippen molar-refractivity contribution in [3.63, 3.8) is 0 Å². The first-order valence-electron chi connectivity index (χ1n) is 12.1. The normalized spacial score (nSPS) is 12.7. The number of methoxy groups -OCH3 is 2. The largest absolute Gasteiger partial charge is 0.497 e. The summed E-state index contributed by atoms with van der Waals surface area (Å²) in [7, 11) is 3.25. The number of fused-ring (bicyclic) bond motifs is 1. The van der Waals surface area contributed by atoms with E-state index >= 15 is 0 Å². The average molecular weight is 497 g/mol. The van der Waals surface area contributed by atoms with Gasteiger partial charge in [-0.2, -0.15) is 5.10 Å². The summed E-state index contributed by atoms with van der Waals surface area (Å²) < 4.78 is 12.4. The van der Waals surface area contributed by atoms with Crippen molar-refractivity contribution in [2.75, 3.05) is 19.1 Å². The van der Waals surface area contributed by atoms with Gasteiger partial charge in [0.25, 0.3) is 5.91 Å².